The van der Waals surface area contributed by atoms with Crippen molar-refractivity contribution in [3.05, 3.63) is 54.2 Å². The van der Waals surface area contributed by atoms with Crippen molar-refractivity contribution in [2.45, 2.75) is 4.21 Å². The number of nitrogens with one attached hydrogen (secondary N) is 2. The Morgan fingerprint density at radius 1 is 1.04 bits per heavy atom. The minimum Gasteiger partial charge on any atom is -0.367 e. The van der Waals surface area contributed by atoms with Crippen LogP contribution in [-0.2, 0) is 10.0 Å². The second-order valence-electron chi connectivity index (χ2n) is 4.62. The van der Waals surface area contributed by atoms with Gasteiger partial charge < -0.3 is 9.88 Å². The van der Waals surface area contributed by atoms with E-state index in [0.717, 1.165) is 5.82 Å². The van der Waals surface area contributed by atoms with Crippen LogP contribution in [-0.4, -0.2) is 36.3 Å². The standard InChI is InChI=1S/C14H15N5O2S2/c20-23(21,14-4-3-11-22-14)16-8-7-15-12-5-6-13(18-17-12)19-9-1-2-10-19/h1-6,9-11,16H,7-8H2,(H,15,17). The summed E-state index contributed by atoms with van der Waals surface area (Å²) in [5.41, 5.74) is 0. The van der Waals surface area contributed by atoms with E-state index < -0.39 is 10.0 Å². The molecule has 23 heavy (non-hydrogen) atoms. The van der Waals surface area contributed by atoms with Crippen molar-refractivity contribution in [3.63, 3.8) is 0 Å². The van der Waals surface area contributed by atoms with Gasteiger partial charge in [0.1, 0.15) is 10.0 Å². The molecule has 0 unspecified atom stereocenters. The number of hydrogen-bond donors (Lipinski definition) is 2. The molecule has 0 aliphatic carbocycles. The topological polar surface area (TPSA) is 88.9 Å². The Morgan fingerprint density at radius 2 is 1.87 bits per heavy atom. The first-order chi connectivity index (χ1) is 11.1. The van der Waals surface area contributed by atoms with Gasteiger partial charge in [-0.05, 0) is 35.7 Å². The largest absolute Gasteiger partial charge is 0.367 e. The summed E-state index contributed by atoms with van der Waals surface area (Å²) in [4.78, 5) is 0. The van der Waals surface area contributed by atoms with E-state index in [9.17, 15) is 8.42 Å². The van der Waals surface area contributed by atoms with E-state index in [2.05, 4.69) is 20.2 Å². The van der Waals surface area contributed by atoms with Gasteiger partial charge in [-0.1, -0.05) is 6.07 Å². The smallest absolute Gasteiger partial charge is 0.250 e. The van der Waals surface area contributed by atoms with Crippen LogP contribution < -0.4 is 10.0 Å². The summed E-state index contributed by atoms with van der Waals surface area (Å²) in [6, 6.07) is 10.7. The minimum atomic E-state index is -3.42. The van der Waals surface area contributed by atoms with Crippen LogP contribution in [0.5, 0.6) is 0 Å². The average molecular weight is 349 g/mol. The van der Waals surface area contributed by atoms with Crippen molar-refractivity contribution >= 4 is 27.2 Å². The van der Waals surface area contributed by atoms with Gasteiger partial charge in [0.25, 0.3) is 0 Å². The fourth-order valence-electron chi connectivity index (χ4n) is 1.91. The summed E-state index contributed by atoms with van der Waals surface area (Å²) in [6.45, 7) is 0.684. The first-order valence-electron chi connectivity index (χ1n) is 6.89. The van der Waals surface area contributed by atoms with Crippen LogP contribution in [0.15, 0.2) is 58.4 Å². The Morgan fingerprint density at radius 3 is 2.52 bits per heavy atom. The lowest BCUT2D eigenvalue weighted by Crippen LogP contribution is -2.28. The van der Waals surface area contributed by atoms with Crippen molar-refractivity contribution < 1.29 is 8.42 Å². The monoisotopic (exact) mass is 349 g/mol. The molecule has 0 fully saturated rings. The molecule has 0 bridgehead atoms. The third kappa shape index (κ3) is 3.95. The molecule has 0 saturated heterocycles. The number of rotatable bonds is 7. The molecule has 0 saturated carbocycles. The number of aromatic nitrogens is 3. The highest BCUT2D eigenvalue weighted by Crippen LogP contribution is 2.14. The number of anilines is 1. The van der Waals surface area contributed by atoms with Crippen LogP contribution in [0.1, 0.15) is 0 Å². The molecular formula is C14H15N5O2S2. The number of sulfonamides is 1. The zero-order valence-corrected chi connectivity index (χ0v) is 13.7. The third-order valence-corrected chi connectivity index (χ3v) is 5.86. The zero-order chi connectivity index (χ0) is 16.1. The fourth-order valence-corrected chi connectivity index (χ4v) is 3.98. The van der Waals surface area contributed by atoms with Gasteiger partial charge in [-0.25, -0.2) is 13.1 Å². The van der Waals surface area contributed by atoms with Crippen molar-refractivity contribution in [3.8, 4) is 5.82 Å². The van der Waals surface area contributed by atoms with Crippen molar-refractivity contribution in [2.75, 3.05) is 18.4 Å². The van der Waals surface area contributed by atoms with E-state index in [1.54, 1.807) is 23.6 Å². The Kier molecular flexibility index (Phi) is 4.70. The van der Waals surface area contributed by atoms with Crippen molar-refractivity contribution in [1.82, 2.24) is 19.5 Å². The minimum absolute atomic E-state index is 0.265. The molecule has 9 heteroatoms. The normalized spacial score (nSPS) is 11.5. The predicted molar refractivity (Wildman–Crippen MR) is 89.4 cm³/mol. The van der Waals surface area contributed by atoms with Crippen LogP contribution in [0.4, 0.5) is 5.82 Å². The Hall–Kier alpha value is -2.23. The predicted octanol–water partition coefficient (Wildman–Crippen LogP) is 1.72. The molecule has 7 nitrogen and oxygen atoms in total. The molecule has 3 rings (SSSR count). The van der Waals surface area contributed by atoms with Gasteiger partial charge in [0.05, 0.1) is 0 Å². The summed E-state index contributed by atoms with van der Waals surface area (Å²) in [5, 5.41) is 12.9. The lowest BCUT2D eigenvalue weighted by molar-refractivity contribution is 0.585. The zero-order valence-electron chi connectivity index (χ0n) is 12.1. The summed E-state index contributed by atoms with van der Waals surface area (Å²) in [7, 11) is -3.42. The molecule has 3 aromatic rings. The number of nitrogens with zero attached hydrogens (tertiary/aromatic N) is 3. The number of hydrogen-bond acceptors (Lipinski definition) is 6. The molecular weight excluding hydrogens is 334 g/mol. The molecule has 3 heterocycles. The summed E-state index contributed by atoms with van der Waals surface area (Å²) in [5.74, 6) is 1.31. The van der Waals surface area contributed by atoms with E-state index >= 15 is 0 Å². The Balaban J connectivity index is 1.49. The van der Waals surface area contributed by atoms with Gasteiger partial charge in [-0.2, -0.15) is 0 Å². The molecule has 3 aromatic heterocycles. The molecule has 0 radical (unpaired) electrons. The highest BCUT2D eigenvalue weighted by molar-refractivity contribution is 7.91. The average Bonchev–Trinajstić information content (AvgIpc) is 3.25. The SMILES string of the molecule is O=S(=O)(NCCNc1ccc(-n2cccc2)nn1)c1cccs1. The molecule has 0 aliphatic heterocycles. The van der Waals surface area contributed by atoms with Crippen LogP contribution in [0.3, 0.4) is 0 Å². The fraction of sp³-hybridized carbons (Fsp3) is 0.143. The summed E-state index contributed by atoms with van der Waals surface area (Å²) >= 11 is 1.19. The molecule has 0 aliphatic rings. The maximum Gasteiger partial charge on any atom is 0.250 e. The molecule has 0 spiro atoms. The van der Waals surface area contributed by atoms with Gasteiger partial charge in [-0.15, -0.1) is 21.5 Å². The van der Waals surface area contributed by atoms with Crippen LogP contribution in [0, 0.1) is 0 Å². The van der Waals surface area contributed by atoms with E-state index in [0.29, 0.717) is 16.6 Å². The lowest BCUT2D eigenvalue weighted by atomic mass is 10.5. The maximum absolute atomic E-state index is 11.9. The van der Waals surface area contributed by atoms with Crippen molar-refractivity contribution in [1.29, 1.82) is 0 Å². The van der Waals surface area contributed by atoms with E-state index in [1.807, 2.05) is 35.2 Å². The molecule has 2 N–H and O–H groups in total. The van der Waals surface area contributed by atoms with E-state index in [-0.39, 0.29) is 6.54 Å². The van der Waals surface area contributed by atoms with E-state index in [1.165, 1.54) is 11.3 Å². The first-order valence-corrected chi connectivity index (χ1v) is 9.25. The third-order valence-electron chi connectivity index (χ3n) is 3.00. The van der Waals surface area contributed by atoms with Crippen molar-refractivity contribution in [2.24, 2.45) is 0 Å². The second-order valence-corrected chi connectivity index (χ2v) is 7.57. The molecule has 0 amide bonds. The van der Waals surface area contributed by atoms with Gasteiger partial charge in [0, 0.05) is 25.5 Å². The molecule has 120 valence electrons. The Labute approximate surface area is 138 Å². The van der Waals surface area contributed by atoms with E-state index in [4.69, 9.17) is 0 Å². The van der Waals surface area contributed by atoms with Gasteiger partial charge in [0.2, 0.25) is 10.0 Å². The Bertz CT molecular complexity index is 828. The summed E-state index contributed by atoms with van der Waals surface area (Å²) < 4.78 is 28.5. The molecule has 0 aromatic carbocycles. The second kappa shape index (κ2) is 6.90. The lowest BCUT2D eigenvalue weighted by Gasteiger charge is -2.07. The molecule has 0 atom stereocenters. The van der Waals surface area contributed by atoms with Crippen LogP contribution >= 0.6 is 11.3 Å². The highest BCUT2D eigenvalue weighted by atomic mass is 32.2. The highest BCUT2D eigenvalue weighted by Gasteiger charge is 2.13. The van der Waals surface area contributed by atoms with Crippen LogP contribution in [0.2, 0.25) is 0 Å². The number of thiophene rings is 1. The maximum atomic E-state index is 11.9. The van der Waals surface area contributed by atoms with Crippen LogP contribution in [0.25, 0.3) is 5.82 Å². The quantitative estimate of drug-likeness (QED) is 0.634. The first kappa shape index (κ1) is 15.7. The van der Waals surface area contributed by atoms with Gasteiger partial charge in [0.15, 0.2) is 5.82 Å². The summed E-state index contributed by atoms with van der Waals surface area (Å²) in [6.07, 6.45) is 3.77. The van der Waals surface area contributed by atoms with Gasteiger partial charge >= 0.3 is 0 Å². The van der Waals surface area contributed by atoms with Gasteiger partial charge in [-0.3, -0.25) is 0 Å².